The standard InChI is InChI=1S/C17H22N2O/c1-2-7-17-16(6-1)14(8-11-19-17)13-20-12-9-15-5-3-4-10-18-15/h1-2,6-8,11,15,18H,3-5,9-10,12-13H2. The number of para-hydroxylation sites is 1. The van der Waals surface area contributed by atoms with Crippen LogP contribution < -0.4 is 5.32 Å². The SMILES string of the molecule is c1ccc2c(COCCC3CCCCN3)ccnc2c1. The van der Waals surface area contributed by atoms with Crippen molar-refractivity contribution in [3.63, 3.8) is 0 Å². The molecule has 3 rings (SSSR count). The molecule has 0 spiro atoms. The number of hydrogen-bond donors (Lipinski definition) is 1. The highest BCUT2D eigenvalue weighted by atomic mass is 16.5. The Hall–Kier alpha value is -1.45. The minimum absolute atomic E-state index is 0.651. The number of aromatic nitrogens is 1. The van der Waals surface area contributed by atoms with Gasteiger partial charge in [-0.15, -0.1) is 0 Å². The summed E-state index contributed by atoms with van der Waals surface area (Å²) >= 11 is 0. The molecule has 3 heteroatoms. The second-order valence-electron chi connectivity index (χ2n) is 5.48. The van der Waals surface area contributed by atoms with Gasteiger partial charge in [-0.1, -0.05) is 24.6 Å². The van der Waals surface area contributed by atoms with Crippen molar-refractivity contribution in [3.05, 3.63) is 42.1 Å². The summed E-state index contributed by atoms with van der Waals surface area (Å²) in [7, 11) is 0. The first-order valence-electron chi connectivity index (χ1n) is 7.57. The van der Waals surface area contributed by atoms with Crippen molar-refractivity contribution in [2.24, 2.45) is 0 Å². The Morgan fingerprint density at radius 3 is 3.05 bits per heavy atom. The summed E-state index contributed by atoms with van der Waals surface area (Å²) < 4.78 is 5.86. The summed E-state index contributed by atoms with van der Waals surface area (Å²) in [5.74, 6) is 0. The van der Waals surface area contributed by atoms with Gasteiger partial charge in [-0.05, 0) is 43.5 Å². The molecule has 1 aliphatic heterocycles. The third kappa shape index (κ3) is 3.35. The highest BCUT2D eigenvalue weighted by Crippen LogP contribution is 2.17. The van der Waals surface area contributed by atoms with Crippen molar-refractivity contribution in [2.75, 3.05) is 13.2 Å². The van der Waals surface area contributed by atoms with Gasteiger partial charge in [-0.3, -0.25) is 4.98 Å². The molecule has 1 N–H and O–H groups in total. The average molecular weight is 270 g/mol. The van der Waals surface area contributed by atoms with Gasteiger partial charge in [0.05, 0.1) is 12.1 Å². The molecule has 1 aliphatic rings. The fraction of sp³-hybridized carbons (Fsp3) is 0.471. The molecule has 3 nitrogen and oxygen atoms in total. The Kier molecular flexibility index (Phi) is 4.61. The number of hydrogen-bond acceptors (Lipinski definition) is 3. The molecule has 0 radical (unpaired) electrons. The van der Waals surface area contributed by atoms with Crippen LogP contribution >= 0.6 is 0 Å². The molecule has 0 aliphatic carbocycles. The smallest absolute Gasteiger partial charge is 0.0723 e. The van der Waals surface area contributed by atoms with E-state index in [4.69, 9.17) is 4.74 Å². The first kappa shape index (κ1) is 13.5. The van der Waals surface area contributed by atoms with Gasteiger partial charge in [0.2, 0.25) is 0 Å². The second kappa shape index (κ2) is 6.82. The van der Waals surface area contributed by atoms with Crippen molar-refractivity contribution >= 4 is 10.9 Å². The number of fused-ring (bicyclic) bond motifs is 1. The van der Waals surface area contributed by atoms with Crippen LogP contribution in [0.25, 0.3) is 10.9 Å². The monoisotopic (exact) mass is 270 g/mol. The van der Waals surface area contributed by atoms with Crippen molar-refractivity contribution in [2.45, 2.75) is 38.3 Å². The highest BCUT2D eigenvalue weighted by Gasteiger charge is 2.11. The molecule has 0 saturated carbocycles. The van der Waals surface area contributed by atoms with Gasteiger partial charge < -0.3 is 10.1 Å². The Balaban J connectivity index is 1.52. The minimum atomic E-state index is 0.651. The first-order valence-corrected chi connectivity index (χ1v) is 7.57. The third-order valence-corrected chi connectivity index (χ3v) is 4.02. The maximum atomic E-state index is 5.86. The number of pyridine rings is 1. The van der Waals surface area contributed by atoms with Gasteiger partial charge in [0.1, 0.15) is 0 Å². The van der Waals surface area contributed by atoms with Crippen LogP contribution in [0.2, 0.25) is 0 Å². The van der Waals surface area contributed by atoms with Gasteiger partial charge in [0, 0.05) is 24.2 Å². The number of nitrogens with one attached hydrogen (secondary N) is 1. The predicted octanol–water partition coefficient (Wildman–Crippen LogP) is 3.28. The van der Waals surface area contributed by atoms with Crippen molar-refractivity contribution in [3.8, 4) is 0 Å². The lowest BCUT2D eigenvalue weighted by Crippen LogP contribution is -2.34. The number of piperidine rings is 1. The summed E-state index contributed by atoms with van der Waals surface area (Å²) in [6.45, 7) is 2.67. The molecule has 0 amide bonds. The van der Waals surface area contributed by atoms with Crippen LogP contribution in [0, 0.1) is 0 Å². The molecule has 1 aromatic heterocycles. The van der Waals surface area contributed by atoms with E-state index in [0.717, 1.165) is 18.5 Å². The third-order valence-electron chi connectivity index (χ3n) is 4.02. The highest BCUT2D eigenvalue weighted by molar-refractivity contribution is 5.81. The molecule has 106 valence electrons. The molecule has 1 fully saturated rings. The lowest BCUT2D eigenvalue weighted by atomic mass is 10.0. The number of nitrogens with zero attached hydrogens (tertiary/aromatic N) is 1. The van der Waals surface area contributed by atoms with Gasteiger partial charge in [-0.25, -0.2) is 0 Å². The van der Waals surface area contributed by atoms with E-state index in [-0.39, 0.29) is 0 Å². The predicted molar refractivity (Wildman–Crippen MR) is 81.7 cm³/mol. The first-order chi connectivity index (χ1) is 9.93. The topological polar surface area (TPSA) is 34.1 Å². The average Bonchev–Trinajstić information content (AvgIpc) is 2.53. The van der Waals surface area contributed by atoms with Crippen molar-refractivity contribution in [1.82, 2.24) is 10.3 Å². The second-order valence-corrected chi connectivity index (χ2v) is 5.48. The Morgan fingerprint density at radius 2 is 2.15 bits per heavy atom. The fourth-order valence-corrected chi connectivity index (χ4v) is 2.86. The van der Waals surface area contributed by atoms with Crippen LogP contribution in [0.5, 0.6) is 0 Å². The Morgan fingerprint density at radius 1 is 1.20 bits per heavy atom. The van der Waals surface area contributed by atoms with Gasteiger partial charge >= 0.3 is 0 Å². The molecule has 1 unspecified atom stereocenters. The molecule has 1 aromatic carbocycles. The van der Waals surface area contributed by atoms with Crippen molar-refractivity contribution in [1.29, 1.82) is 0 Å². The molecular formula is C17H22N2O. The van der Waals surface area contributed by atoms with Crippen LogP contribution in [0.3, 0.4) is 0 Å². The summed E-state index contributed by atoms with van der Waals surface area (Å²) in [5.41, 5.74) is 2.27. The van der Waals surface area contributed by atoms with Crippen LogP contribution in [0.4, 0.5) is 0 Å². The zero-order valence-electron chi connectivity index (χ0n) is 11.8. The fourth-order valence-electron chi connectivity index (χ4n) is 2.86. The van der Waals surface area contributed by atoms with E-state index in [9.17, 15) is 0 Å². The zero-order valence-corrected chi connectivity index (χ0v) is 11.8. The molecule has 0 bridgehead atoms. The summed E-state index contributed by atoms with van der Waals surface area (Å²) in [4.78, 5) is 4.38. The largest absolute Gasteiger partial charge is 0.377 e. The van der Waals surface area contributed by atoms with E-state index in [1.165, 1.54) is 36.8 Å². The van der Waals surface area contributed by atoms with Crippen LogP contribution in [-0.4, -0.2) is 24.2 Å². The maximum absolute atomic E-state index is 5.86. The number of benzene rings is 1. The molecule has 20 heavy (non-hydrogen) atoms. The zero-order chi connectivity index (χ0) is 13.6. The Bertz CT molecular complexity index is 544. The van der Waals surface area contributed by atoms with E-state index in [2.05, 4.69) is 28.5 Å². The van der Waals surface area contributed by atoms with Gasteiger partial charge in [0.15, 0.2) is 0 Å². The molecule has 1 saturated heterocycles. The molecule has 1 atom stereocenters. The van der Waals surface area contributed by atoms with Gasteiger partial charge in [-0.2, -0.15) is 0 Å². The quantitative estimate of drug-likeness (QED) is 0.847. The number of ether oxygens (including phenoxy) is 1. The number of rotatable bonds is 5. The van der Waals surface area contributed by atoms with Crippen LogP contribution in [-0.2, 0) is 11.3 Å². The van der Waals surface area contributed by atoms with Crippen molar-refractivity contribution < 1.29 is 4.74 Å². The summed E-state index contributed by atoms with van der Waals surface area (Å²) in [6, 6.07) is 10.9. The lowest BCUT2D eigenvalue weighted by molar-refractivity contribution is 0.109. The summed E-state index contributed by atoms with van der Waals surface area (Å²) in [6.07, 6.45) is 6.95. The maximum Gasteiger partial charge on any atom is 0.0723 e. The minimum Gasteiger partial charge on any atom is -0.377 e. The Labute approximate surface area is 120 Å². The summed E-state index contributed by atoms with van der Waals surface area (Å²) in [5, 5.41) is 4.76. The van der Waals surface area contributed by atoms with Gasteiger partial charge in [0.25, 0.3) is 0 Å². The van der Waals surface area contributed by atoms with E-state index in [1.807, 2.05) is 18.3 Å². The van der Waals surface area contributed by atoms with E-state index < -0.39 is 0 Å². The lowest BCUT2D eigenvalue weighted by Gasteiger charge is -2.23. The molecular weight excluding hydrogens is 248 g/mol. The van der Waals surface area contributed by atoms with Crippen LogP contribution in [0.15, 0.2) is 36.5 Å². The normalized spacial score (nSPS) is 19.3. The van der Waals surface area contributed by atoms with E-state index in [0.29, 0.717) is 12.6 Å². The molecule has 2 heterocycles. The van der Waals surface area contributed by atoms with E-state index in [1.54, 1.807) is 0 Å². The van der Waals surface area contributed by atoms with E-state index >= 15 is 0 Å². The molecule has 2 aromatic rings. The van der Waals surface area contributed by atoms with Crippen LogP contribution in [0.1, 0.15) is 31.2 Å².